The van der Waals surface area contributed by atoms with Gasteiger partial charge in [0.05, 0.1) is 16.9 Å². The molecule has 1 aliphatic heterocycles. The van der Waals surface area contributed by atoms with Gasteiger partial charge in [0.15, 0.2) is 5.13 Å². The number of nitrogens with one attached hydrogen (secondary N) is 2. The zero-order chi connectivity index (χ0) is 26.4. The van der Waals surface area contributed by atoms with Crippen LogP contribution in [0.2, 0.25) is 0 Å². The average Bonchev–Trinajstić information content (AvgIpc) is 3.46. The number of alkyl halides is 4. The van der Waals surface area contributed by atoms with E-state index in [2.05, 4.69) is 28.8 Å². The van der Waals surface area contributed by atoms with Crippen LogP contribution in [0.4, 0.5) is 28.4 Å². The molecule has 10 heteroatoms. The summed E-state index contributed by atoms with van der Waals surface area (Å²) in [6, 6.07) is 5.48. The molecule has 4 N–H and O–H groups in total. The van der Waals surface area contributed by atoms with E-state index in [-0.39, 0.29) is 11.9 Å². The zero-order valence-electron chi connectivity index (χ0n) is 19.9. The molecule has 0 saturated heterocycles. The van der Waals surface area contributed by atoms with Crippen LogP contribution in [0, 0.1) is 0 Å². The lowest BCUT2D eigenvalue weighted by Crippen LogP contribution is -2.28. The van der Waals surface area contributed by atoms with Gasteiger partial charge in [-0.2, -0.15) is 13.2 Å². The first-order chi connectivity index (χ1) is 16.8. The summed E-state index contributed by atoms with van der Waals surface area (Å²) in [5.74, 6) is -0.0179. The minimum Gasteiger partial charge on any atom is -0.360 e. The van der Waals surface area contributed by atoms with Gasteiger partial charge in [-0.05, 0) is 42.2 Å². The minimum atomic E-state index is -4.57. The predicted octanol–water partition coefficient (Wildman–Crippen LogP) is 6.67. The van der Waals surface area contributed by atoms with Crippen LogP contribution in [-0.2, 0) is 11.2 Å². The summed E-state index contributed by atoms with van der Waals surface area (Å²) in [4.78, 5) is 16.8. The van der Waals surface area contributed by atoms with Gasteiger partial charge in [-0.15, -0.1) is 13.2 Å². The summed E-state index contributed by atoms with van der Waals surface area (Å²) in [6.45, 7) is 9.24. The lowest BCUT2D eigenvalue weighted by atomic mass is 10.1. The highest BCUT2D eigenvalue weighted by Gasteiger charge is 2.31. The Hall–Kier alpha value is -2.98. The molecule has 2 aromatic rings. The number of fused-ring (bicyclic) bond motifs is 1. The van der Waals surface area contributed by atoms with Gasteiger partial charge < -0.3 is 16.4 Å². The van der Waals surface area contributed by atoms with Gasteiger partial charge in [0.1, 0.15) is 6.67 Å². The molecule has 1 aliphatic rings. The van der Waals surface area contributed by atoms with Gasteiger partial charge >= 0.3 is 6.18 Å². The quantitative estimate of drug-likeness (QED) is 0.199. The van der Waals surface area contributed by atoms with E-state index in [1.807, 2.05) is 32.0 Å². The van der Waals surface area contributed by atoms with Gasteiger partial charge in [-0.3, -0.25) is 4.79 Å². The number of anilines is 2. The number of rotatable bonds is 9. The van der Waals surface area contributed by atoms with Gasteiger partial charge in [0.2, 0.25) is 5.91 Å². The predicted molar refractivity (Wildman–Crippen MR) is 137 cm³/mol. The highest BCUT2D eigenvalue weighted by atomic mass is 32.1. The molecule has 1 unspecified atom stereocenters. The van der Waals surface area contributed by atoms with E-state index in [0.29, 0.717) is 37.0 Å². The second kappa shape index (κ2) is 15.1. The van der Waals surface area contributed by atoms with Crippen molar-refractivity contribution in [1.29, 1.82) is 0 Å². The second-order valence-corrected chi connectivity index (χ2v) is 8.09. The van der Waals surface area contributed by atoms with Crippen LogP contribution in [-0.4, -0.2) is 36.3 Å². The van der Waals surface area contributed by atoms with Crippen molar-refractivity contribution in [3.63, 3.8) is 0 Å². The van der Waals surface area contributed by atoms with E-state index in [1.165, 1.54) is 17.4 Å². The Balaban J connectivity index is 0.00000145. The Morgan fingerprint density at radius 1 is 1.34 bits per heavy atom. The number of carbonyl (C=O) groups excluding carboxylic acids is 1. The van der Waals surface area contributed by atoms with Crippen molar-refractivity contribution in [1.82, 2.24) is 4.98 Å². The number of nitrogens with zero attached hydrogens (tertiary/aromatic N) is 1. The number of allylic oxidation sites excluding steroid dienone is 4. The third-order valence-electron chi connectivity index (χ3n) is 4.66. The fraction of sp³-hybridized carbons (Fsp3) is 0.360. The monoisotopic (exact) mass is 512 g/mol. The summed E-state index contributed by atoms with van der Waals surface area (Å²) in [6.07, 6.45) is 1.08. The van der Waals surface area contributed by atoms with E-state index in [4.69, 9.17) is 5.73 Å². The first kappa shape index (κ1) is 30.1. The highest BCUT2D eigenvalue weighted by molar-refractivity contribution is 7.18. The Labute approximate surface area is 207 Å². The number of hydrogen-bond acceptors (Lipinski definition) is 5. The third kappa shape index (κ3) is 9.65. The second-order valence-electron chi connectivity index (χ2n) is 7.06. The van der Waals surface area contributed by atoms with E-state index in [0.717, 1.165) is 27.8 Å². The highest BCUT2D eigenvalue weighted by Crippen LogP contribution is 2.33. The molecule has 2 heterocycles. The van der Waals surface area contributed by atoms with Gasteiger partial charge in [0.25, 0.3) is 0 Å². The lowest BCUT2D eigenvalue weighted by Gasteiger charge is -2.11. The van der Waals surface area contributed by atoms with Crippen LogP contribution >= 0.6 is 11.3 Å². The van der Waals surface area contributed by atoms with Gasteiger partial charge in [-0.1, -0.05) is 43.4 Å². The molecular weight excluding hydrogens is 480 g/mol. The first-order valence-electron chi connectivity index (χ1n) is 11.1. The first-order valence-corrected chi connectivity index (χ1v) is 12.0. The third-order valence-corrected chi connectivity index (χ3v) is 5.67. The van der Waals surface area contributed by atoms with E-state index in [1.54, 1.807) is 6.20 Å². The molecular formula is C25H32F4N4OS. The molecule has 0 bridgehead atoms. The van der Waals surface area contributed by atoms with Crippen LogP contribution < -0.4 is 16.4 Å². The van der Waals surface area contributed by atoms with Gasteiger partial charge in [0, 0.05) is 24.5 Å². The number of hydrogen-bond donors (Lipinski definition) is 3. The summed E-state index contributed by atoms with van der Waals surface area (Å²) in [7, 11) is 0. The van der Waals surface area contributed by atoms with Crippen molar-refractivity contribution in [3.05, 3.63) is 66.9 Å². The summed E-state index contributed by atoms with van der Waals surface area (Å²) in [5.41, 5.74) is 7.78. The smallest absolute Gasteiger partial charge is 0.360 e. The number of amides is 1. The molecule has 192 valence electrons. The van der Waals surface area contributed by atoms with E-state index >= 15 is 0 Å². The van der Waals surface area contributed by atoms with E-state index < -0.39 is 18.4 Å². The molecule has 0 radical (unpaired) electrons. The van der Waals surface area contributed by atoms with Crippen LogP contribution in [0.15, 0.2) is 61.4 Å². The molecule has 0 spiro atoms. The maximum Gasteiger partial charge on any atom is 0.416 e. The van der Waals surface area contributed by atoms with Crippen molar-refractivity contribution in [2.45, 2.75) is 45.3 Å². The SMILES string of the molecule is C=C.CC.NC(CC/C=C\C(=C/CF)C(F)(F)F)CNc1ncc(-c2ccc3c(c2)CC(=O)N3)s1. The largest absolute Gasteiger partial charge is 0.416 e. The fourth-order valence-corrected chi connectivity index (χ4v) is 3.89. The Morgan fingerprint density at radius 3 is 2.71 bits per heavy atom. The number of benzene rings is 1. The number of aromatic nitrogens is 1. The van der Waals surface area contributed by atoms with Crippen molar-refractivity contribution in [2.24, 2.45) is 5.73 Å². The fourth-order valence-electron chi connectivity index (χ4n) is 3.07. The number of halogens is 4. The summed E-state index contributed by atoms with van der Waals surface area (Å²) >= 11 is 1.45. The normalized spacial score (nSPS) is 13.8. The van der Waals surface area contributed by atoms with Crippen LogP contribution in [0.3, 0.4) is 0 Å². The Morgan fingerprint density at radius 2 is 2.06 bits per heavy atom. The van der Waals surface area contributed by atoms with Crippen LogP contribution in [0.1, 0.15) is 32.3 Å². The molecule has 0 fully saturated rings. The maximum atomic E-state index is 12.7. The molecule has 3 rings (SSSR count). The van der Waals surface area contributed by atoms with E-state index in [9.17, 15) is 22.4 Å². The van der Waals surface area contributed by atoms with Crippen molar-refractivity contribution in [3.8, 4) is 10.4 Å². The van der Waals surface area contributed by atoms with Crippen LogP contribution in [0.25, 0.3) is 10.4 Å². The standard InChI is InChI=1S/C21H22F4N4OS.C2H6.C2H4/c22-8-7-15(21(23,24)25)3-1-2-4-16(26)11-27-20-28-12-18(31-20)13-5-6-17-14(9-13)10-19(30)29-17;2*1-2/h1,3,5-7,9,12,16H,2,4,8,10-11,26H2,(H,27,28)(H,29,30);1-2H3;1-2H2/b3-1-,15-7+;;. The summed E-state index contributed by atoms with van der Waals surface area (Å²) < 4.78 is 50.2. The number of nitrogens with two attached hydrogens (primary N) is 1. The average molecular weight is 513 g/mol. The molecule has 1 amide bonds. The lowest BCUT2D eigenvalue weighted by molar-refractivity contribution is -0.115. The summed E-state index contributed by atoms with van der Waals surface area (Å²) in [5, 5.41) is 6.62. The van der Waals surface area contributed by atoms with Crippen LogP contribution in [0.5, 0.6) is 0 Å². The molecule has 1 aromatic carbocycles. The van der Waals surface area contributed by atoms with Gasteiger partial charge in [-0.25, -0.2) is 9.37 Å². The molecule has 0 saturated carbocycles. The number of carbonyl (C=O) groups is 1. The maximum absolute atomic E-state index is 12.7. The minimum absolute atomic E-state index is 0.0179. The Kier molecular flexibility index (Phi) is 13.0. The Bertz CT molecular complexity index is 1000. The number of thiazole rings is 1. The van der Waals surface area contributed by atoms with Crippen molar-refractivity contribution >= 4 is 28.1 Å². The molecule has 1 atom stereocenters. The van der Waals surface area contributed by atoms with Crippen molar-refractivity contribution < 1.29 is 22.4 Å². The molecule has 1 aromatic heterocycles. The van der Waals surface area contributed by atoms with Crippen molar-refractivity contribution in [2.75, 3.05) is 23.9 Å². The molecule has 35 heavy (non-hydrogen) atoms. The molecule has 5 nitrogen and oxygen atoms in total. The molecule has 0 aliphatic carbocycles. The zero-order valence-corrected chi connectivity index (χ0v) is 20.7. The topological polar surface area (TPSA) is 80.0 Å².